The van der Waals surface area contributed by atoms with Gasteiger partial charge in [-0.3, -0.25) is 9.79 Å². The van der Waals surface area contributed by atoms with Crippen LogP contribution in [0, 0.1) is 5.41 Å². The number of rotatable bonds is 7. The van der Waals surface area contributed by atoms with Crippen LogP contribution >= 0.6 is 0 Å². The van der Waals surface area contributed by atoms with E-state index in [1.807, 2.05) is 6.92 Å². The van der Waals surface area contributed by atoms with Crippen molar-refractivity contribution in [2.24, 2.45) is 10.4 Å². The van der Waals surface area contributed by atoms with Gasteiger partial charge in [0.05, 0.1) is 6.54 Å². The third-order valence-corrected chi connectivity index (χ3v) is 3.15. The van der Waals surface area contributed by atoms with E-state index in [9.17, 15) is 4.79 Å². The van der Waals surface area contributed by atoms with Crippen LogP contribution < -0.4 is 10.6 Å². The predicted octanol–water partition coefficient (Wildman–Crippen LogP) is 2.23. The van der Waals surface area contributed by atoms with Crippen molar-refractivity contribution in [1.29, 1.82) is 0 Å². The molecule has 0 saturated carbocycles. The molecule has 0 fully saturated rings. The number of hydrogen-bond donors (Lipinski definition) is 2. The van der Waals surface area contributed by atoms with Crippen LogP contribution in [-0.4, -0.2) is 50.0 Å². The molecule has 0 aromatic heterocycles. The number of guanidine groups is 1. The fourth-order valence-electron chi connectivity index (χ4n) is 1.76. The van der Waals surface area contributed by atoms with E-state index in [1.165, 1.54) is 6.42 Å². The molecular weight excluding hydrogens is 264 g/mol. The second kappa shape index (κ2) is 9.64. The Morgan fingerprint density at radius 3 is 2.38 bits per heavy atom. The number of nitrogens with one attached hydrogen (secondary N) is 2. The van der Waals surface area contributed by atoms with Gasteiger partial charge in [0.2, 0.25) is 5.91 Å². The lowest BCUT2D eigenvalue weighted by molar-refractivity contribution is -0.128. The second-order valence-electron chi connectivity index (χ2n) is 6.94. The van der Waals surface area contributed by atoms with Gasteiger partial charge in [-0.25, -0.2) is 0 Å². The molecule has 0 aliphatic rings. The summed E-state index contributed by atoms with van der Waals surface area (Å²) in [6, 6.07) is 0.367. The maximum absolute atomic E-state index is 11.5. The minimum atomic E-state index is 0.107. The first-order valence-corrected chi connectivity index (χ1v) is 7.90. The van der Waals surface area contributed by atoms with E-state index in [0.29, 0.717) is 24.4 Å². The summed E-state index contributed by atoms with van der Waals surface area (Å²) in [7, 11) is 3.54. The maximum Gasteiger partial charge on any atom is 0.223 e. The van der Waals surface area contributed by atoms with Gasteiger partial charge in [-0.1, -0.05) is 20.8 Å². The Morgan fingerprint density at radius 1 is 1.29 bits per heavy atom. The van der Waals surface area contributed by atoms with Crippen LogP contribution in [0.25, 0.3) is 0 Å². The van der Waals surface area contributed by atoms with Gasteiger partial charge < -0.3 is 15.5 Å². The predicted molar refractivity (Wildman–Crippen MR) is 90.6 cm³/mol. The largest absolute Gasteiger partial charge is 0.357 e. The molecule has 0 aliphatic carbocycles. The standard InChI is InChI=1S/C16H34N4O/c1-8-17-15(18-12-10-14(21)20(6)7)19-13(2)9-11-16(3,4)5/h13H,8-12H2,1-7H3,(H2,17,18,19). The minimum Gasteiger partial charge on any atom is -0.357 e. The van der Waals surface area contributed by atoms with Crippen LogP contribution in [0.1, 0.15) is 53.9 Å². The quantitative estimate of drug-likeness (QED) is 0.560. The summed E-state index contributed by atoms with van der Waals surface area (Å²) in [4.78, 5) is 17.6. The van der Waals surface area contributed by atoms with E-state index in [1.54, 1.807) is 19.0 Å². The highest BCUT2D eigenvalue weighted by Crippen LogP contribution is 2.21. The fraction of sp³-hybridized carbons (Fsp3) is 0.875. The van der Waals surface area contributed by atoms with Crippen LogP contribution in [0.2, 0.25) is 0 Å². The van der Waals surface area contributed by atoms with E-state index < -0.39 is 0 Å². The third kappa shape index (κ3) is 11.1. The molecule has 1 unspecified atom stereocenters. The van der Waals surface area contributed by atoms with E-state index in [-0.39, 0.29) is 5.91 Å². The molecule has 124 valence electrons. The molecule has 21 heavy (non-hydrogen) atoms. The van der Waals surface area contributed by atoms with Crippen molar-refractivity contribution in [3.05, 3.63) is 0 Å². The smallest absolute Gasteiger partial charge is 0.223 e. The monoisotopic (exact) mass is 298 g/mol. The van der Waals surface area contributed by atoms with Gasteiger partial charge in [0.15, 0.2) is 5.96 Å². The number of amides is 1. The highest BCUT2D eigenvalue weighted by atomic mass is 16.2. The van der Waals surface area contributed by atoms with Gasteiger partial charge in [-0.15, -0.1) is 0 Å². The number of hydrogen-bond acceptors (Lipinski definition) is 2. The average Bonchev–Trinajstić information content (AvgIpc) is 2.35. The van der Waals surface area contributed by atoms with Gasteiger partial charge in [0, 0.05) is 33.1 Å². The first-order chi connectivity index (χ1) is 9.65. The Kier molecular flexibility index (Phi) is 9.06. The van der Waals surface area contributed by atoms with Crippen LogP contribution in [0.15, 0.2) is 4.99 Å². The van der Waals surface area contributed by atoms with Gasteiger partial charge in [-0.05, 0) is 32.1 Å². The molecule has 5 heteroatoms. The Hall–Kier alpha value is -1.26. The molecule has 0 aliphatic heterocycles. The summed E-state index contributed by atoms with van der Waals surface area (Å²) in [5.41, 5.74) is 0.351. The molecule has 0 bridgehead atoms. The van der Waals surface area contributed by atoms with Crippen molar-refractivity contribution in [2.75, 3.05) is 27.2 Å². The zero-order valence-electron chi connectivity index (χ0n) is 14.9. The summed E-state index contributed by atoms with van der Waals surface area (Å²) in [5.74, 6) is 0.904. The van der Waals surface area contributed by atoms with Crippen LogP contribution in [0.5, 0.6) is 0 Å². The highest BCUT2D eigenvalue weighted by molar-refractivity contribution is 5.81. The summed E-state index contributed by atoms with van der Waals surface area (Å²) >= 11 is 0. The lowest BCUT2D eigenvalue weighted by Gasteiger charge is -2.23. The first kappa shape index (κ1) is 19.7. The zero-order chi connectivity index (χ0) is 16.5. The molecule has 0 spiro atoms. The highest BCUT2D eigenvalue weighted by Gasteiger charge is 2.13. The van der Waals surface area contributed by atoms with Crippen molar-refractivity contribution < 1.29 is 4.79 Å². The van der Waals surface area contributed by atoms with E-state index in [0.717, 1.165) is 18.9 Å². The molecular formula is C16H34N4O. The van der Waals surface area contributed by atoms with Crippen molar-refractivity contribution in [2.45, 2.75) is 59.9 Å². The van der Waals surface area contributed by atoms with Crippen LogP contribution in [0.3, 0.4) is 0 Å². The van der Waals surface area contributed by atoms with Crippen molar-refractivity contribution >= 4 is 11.9 Å². The molecule has 0 saturated heterocycles. The van der Waals surface area contributed by atoms with Gasteiger partial charge in [0.25, 0.3) is 0 Å². The maximum atomic E-state index is 11.5. The lowest BCUT2D eigenvalue weighted by atomic mass is 9.89. The fourth-order valence-corrected chi connectivity index (χ4v) is 1.76. The van der Waals surface area contributed by atoms with Gasteiger partial charge >= 0.3 is 0 Å². The van der Waals surface area contributed by atoms with E-state index >= 15 is 0 Å². The molecule has 0 heterocycles. The second-order valence-corrected chi connectivity index (χ2v) is 6.94. The summed E-state index contributed by atoms with van der Waals surface area (Å²) < 4.78 is 0. The van der Waals surface area contributed by atoms with E-state index in [4.69, 9.17) is 0 Å². The molecule has 1 atom stereocenters. The Morgan fingerprint density at radius 2 is 1.90 bits per heavy atom. The number of nitrogens with zero attached hydrogens (tertiary/aromatic N) is 2. The van der Waals surface area contributed by atoms with Crippen molar-refractivity contribution in [3.8, 4) is 0 Å². The molecule has 0 aromatic carbocycles. The van der Waals surface area contributed by atoms with Gasteiger partial charge in [-0.2, -0.15) is 0 Å². The Labute approximate surface area is 130 Å². The molecule has 0 radical (unpaired) electrons. The van der Waals surface area contributed by atoms with Gasteiger partial charge in [0.1, 0.15) is 0 Å². The SMILES string of the molecule is CCNC(=NCCC(=O)N(C)C)NC(C)CCC(C)(C)C. The Balaban J connectivity index is 4.30. The molecule has 5 nitrogen and oxygen atoms in total. The zero-order valence-corrected chi connectivity index (χ0v) is 14.9. The lowest BCUT2D eigenvalue weighted by Crippen LogP contribution is -2.42. The van der Waals surface area contributed by atoms with Crippen molar-refractivity contribution in [1.82, 2.24) is 15.5 Å². The number of carbonyl (C=O) groups excluding carboxylic acids is 1. The third-order valence-electron chi connectivity index (χ3n) is 3.15. The van der Waals surface area contributed by atoms with E-state index in [2.05, 4.69) is 43.3 Å². The van der Waals surface area contributed by atoms with Crippen molar-refractivity contribution in [3.63, 3.8) is 0 Å². The number of carbonyl (C=O) groups is 1. The minimum absolute atomic E-state index is 0.107. The molecule has 1 amide bonds. The van der Waals surface area contributed by atoms with Crippen LogP contribution in [-0.2, 0) is 4.79 Å². The molecule has 2 N–H and O–H groups in total. The summed E-state index contributed by atoms with van der Waals surface area (Å²) in [5, 5.41) is 6.64. The number of aliphatic imine (C=N–C) groups is 1. The Bertz CT molecular complexity index is 332. The molecule has 0 rings (SSSR count). The molecule has 0 aromatic rings. The summed E-state index contributed by atoms with van der Waals surface area (Å²) in [6.45, 7) is 12.3. The topological polar surface area (TPSA) is 56.7 Å². The average molecular weight is 298 g/mol. The normalized spacial score (nSPS) is 13.8. The first-order valence-electron chi connectivity index (χ1n) is 7.90. The summed E-state index contributed by atoms with van der Waals surface area (Å²) in [6.07, 6.45) is 2.71. The van der Waals surface area contributed by atoms with Crippen LogP contribution in [0.4, 0.5) is 0 Å².